The Morgan fingerprint density at radius 3 is 2.42 bits per heavy atom. The molecule has 0 saturated heterocycles. The van der Waals surface area contributed by atoms with Gasteiger partial charge in [-0.3, -0.25) is 0 Å². The van der Waals surface area contributed by atoms with Gasteiger partial charge >= 0.3 is 0 Å². The maximum atomic E-state index is 6.64. The number of hydrogen-bond acceptors (Lipinski definition) is 1. The van der Waals surface area contributed by atoms with Crippen molar-refractivity contribution in [1.29, 1.82) is 0 Å². The third-order valence-electron chi connectivity index (χ3n) is 5.59. The average Bonchev–Trinajstić information content (AvgIpc) is 3.00. The van der Waals surface area contributed by atoms with Gasteiger partial charge in [0.05, 0.1) is 0 Å². The van der Waals surface area contributed by atoms with Crippen molar-refractivity contribution in [3.05, 3.63) is 35.4 Å². The lowest BCUT2D eigenvalue weighted by Crippen LogP contribution is -2.36. The molecule has 2 fully saturated rings. The molecule has 0 spiro atoms. The SMILES string of the molecule is CCc1ccc(C(C)(N)CC2CC3CCC2C3)cc1. The van der Waals surface area contributed by atoms with Crippen LogP contribution in [0.5, 0.6) is 0 Å². The van der Waals surface area contributed by atoms with Crippen LogP contribution in [0.4, 0.5) is 0 Å². The molecule has 2 N–H and O–H groups in total. The summed E-state index contributed by atoms with van der Waals surface area (Å²) < 4.78 is 0. The Labute approximate surface area is 117 Å². The Balaban J connectivity index is 1.70. The second kappa shape index (κ2) is 4.94. The predicted octanol–water partition coefficient (Wildman–Crippen LogP) is 4.25. The van der Waals surface area contributed by atoms with E-state index in [4.69, 9.17) is 5.73 Å². The minimum atomic E-state index is -0.151. The monoisotopic (exact) mass is 257 g/mol. The summed E-state index contributed by atoms with van der Waals surface area (Å²) in [5.41, 5.74) is 9.20. The van der Waals surface area contributed by atoms with Crippen LogP contribution < -0.4 is 5.73 Å². The molecular formula is C18H27N. The van der Waals surface area contributed by atoms with E-state index >= 15 is 0 Å². The van der Waals surface area contributed by atoms with Crippen molar-refractivity contribution in [1.82, 2.24) is 0 Å². The minimum absolute atomic E-state index is 0.151. The highest BCUT2D eigenvalue weighted by atomic mass is 14.7. The van der Waals surface area contributed by atoms with E-state index in [1.165, 1.54) is 43.2 Å². The molecule has 1 heteroatoms. The number of nitrogens with two attached hydrogens (primary N) is 1. The molecular weight excluding hydrogens is 230 g/mol. The molecule has 104 valence electrons. The number of hydrogen-bond donors (Lipinski definition) is 1. The van der Waals surface area contributed by atoms with Gasteiger partial charge in [0.1, 0.15) is 0 Å². The molecule has 0 heterocycles. The minimum Gasteiger partial charge on any atom is -0.322 e. The van der Waals surface area contributed by atoms with Crippen LogP contribution in [0.3, 0.4) is 0 Å². The van der Waals surface area contributed by atoms with Gasteiger partial charge in [-0.25, -0.2) is 0 Å². The molecule has 2 bridgehead atoms. The first-order chi connectivity index (χ1) is 9.08. The molecule has 19 heavy (non-hydrogen) atoms. The molecule has 0 aliphatic heterocycles. The van der Waals surface area contributed by atoms with Crippen LogP contribution in [0, 0.1) is 17.8 Å². The summed E-state index contributed by atoms with van der Waals surface area (Å²) in [6.07, 6.45) is 8.13. The standard InChI is InChI=1S/C18H27N/c1-3-13-5-8-17(9-6-13)18(2,19)12-16-11-14-4-7-15(16)10-14/h5-6,8-9,14-16H,3-4,7,10-12,19H2,1-2H3. The molecule has 2 saturated carbocycles. The summed E-state index contributed by atoms with van der Waals surface area (Å²) in [6, 6.07) is 8.96. The first-order valence-corrected chi connectivity index (χ1v) is 7.97. The summed E-state index contributed by atoms with van der Waals surface area (Å²) in [5.74, 6) is 2.87. The van der Waals surface area contributed by atoms with Gasteiger partial charge in [-0.2, -0.15) is 0 Å². The van der Waals surface area contributed by atoms with Crippen molar-refractivity contribution >= 4 is 0 Å². The highest BCUT2D eigenvalue weighted by Crippen LogP contribution is 2.51. The maximum absolute atomic E-state index is 6.64. The van der Waals surface area contributed by atoms with E-state index in [9.17, 15) is 0 Å². The quantitative estimate of drug-likeness (QED) is 0.857. The average molecular weight is 257 g/mol. The van der Waals surface area contributed by atoms with Crippen molar-refractivity contribution in [3.63, 3.8) is 0 Å². The van der Waals surface area contributed by atoms with Gasteiger partial charge in [0, 0.05) is 5.54 Å². The summed E-state index contributed by atoms with van der Waals surface area (Å²) in [7, 11) is 0. The largest absolute Gasteiger partial charge is 0.322 e. The van der Waals surface area contributed by atoms with Gasteiger partial charge < -0.3 is 5.73 Å². The third-order valence-corrected chi connectivity index (χ3v) is 5.59. The molecule has 2 aliphatic carbocycles. The smallest absolute Gasteiger partial charge is 0.0383 e. The first-order valence-electron chi connectivity index (χ1n) is 7.97. The fourth-order valence-corrected chi connectivity index (χ4v) is 4.41. The molecule has 1 aromatic rings. The van der Waals surface area contributed by atoms with Crippen molar-refractivity contribution < 1.29 is 0 Å². The Morgan fingerprint density at radius 2 is 1.89 bits per heavy atom. The van der Waals surface area contributed by atoms with E-state index < -0.39 is 0 Å². The Kier molecular flexibility index (Phi) is 3.42. The lowest BCUT2D eigenvalue weighted by Gasteiger charge is -2.32. The predicted molar refractivity (Wildman–Crippen MR) is 80.9 cm³/mol. The van der Waals surface area contributed by atoms with Gasteiger partial charge in [-0.15, -0.1) is 0 Å². The molecule has 4 unspecified atom stereocenters. The molecule has 4 atom stereocenters. The fourth-order valence-electron chi connectivity index (χ4n) is 4.41. The normalized spacial score (nSPS) is 32.5. The third kappa shape index (κ3) is 2.58. The lowest BCUT2D eigenvalue weighted by atomic mass is 9.77. The van der Waals surface area contributed by atoms with Crippen LogP contribution in [0.2, 0.25) is 0 Å². The van der Waals surface area contributed by atoms with Crippen LogP contribution in [-0.4, -0.2) is 0 Å². The summed E-state index contributed by atoms with van der Waals surface area (Å²) >= 11 is 0. The van der Waals surface area contributed by atoms with Gasteiger partial charge in [0.25, 0.3) is 0 Å². The second-order valence-electron chi connectivity index (χ2n) is 7.11. The van der Waals surface area contributed by atoms with Crippen molar-refractivity contribution in [2.75, 3.05) is 0 Å². The van der Waals surface area contributed by atoms with E-state index in [1.807, 2.05) is 0 Å². The number of aryl methyl sites for hydroxylation is 1. The zero-order valence-corrected chi connectivity index (χ0v) is 12.4. The molecule has 1 aromatic carbocycles. The Bertz CT molecular complexity index is 432. The van der Waals surface area contributed by atoms with Gasteiger partial charge in [0.15, 0.2) is 0 Å². The summed E-state index contributed by atoms with van der Waals surface area (Å²) in [4.78, 5) is 0. The van der Waals surface area contributed by atoms with Crippen molar-refractivity contribution in [2.24, 2.45) is 23.5 Å². The lowest BCUT2D eigenvalue weighted by molar-refractivity contribution is 0.253. The van der Waals surface area contributed by atoms with Crippen LogP contribution >= 0.6 is 0 Å². The molecule has 1 nitrogen and oxygen atoms in total. The zero-order chi connectivity index (χ0) is 13.5. The van der Waals surface area contributed by atoms with Gasteiger partial charge in [-0.05, 0) is 67.9 Å². The van der Waals surface area contributed by atoms with E-state index in [-0.39, 0.29) is 5.54 Å². The Hall–Kier alpha value is -0.820. The molecule has 0 amide bonds. The molecule has 2 aliphatic rings. The second-order valence-corrected chi connectivity index (χ2v) is 7.11. The number of rotatable bonds is 4. The zero-order valence-electron chi connectivity index (χ0n) is 12.4. The summed E-state index contributed by atoms with van der Waals surface area (Å²) in [6.45, 7) is 4.42. The Morgan fingerprint density at radius 1 is 1.16 bits per heavy atom. The van der Waals surface area contributed by atoms with Gasteiger partial charge in [-0.1, -0.05) is 37.6 Å². The van der Waals surface area contributed by atoms with Gasteiger partial charge in [0.2, 0.25) is 0 Å². The number of benzene rings is 1. The number of fused-ring (bicyclic) bond motifs is 2. The van der Waals surface area contributed by atoms with Crippen LogP contribution in [0.15, 0.2) is 24.3 Å². The van der Waals surface area contributed by atoms with E-state index in [0.29, 0.717) is 0 Å². The van der Waals surface area contributed by atoms with E-state index in [0.717, 1.165) is 24.2 Å². The van der Waals surface area contributed by atoms with E-state index in [1.54, 1.807) is 0 Å². The summed E-state index contributed by atoms with van der Waals surface area (Å²) in [5, 5.41) is 0. The van der Waals surface area contributed by atoms with Crippen molar-refractivity contribution in [3.8, 4) is 0 Å². The van der Waals surface area contributed by atoms with E-state index in [2.05, 4.69) is 38.1 Å². The molecule has 0 aromatic heterocycles. The highest BCUT2D eigenvalue weighted by Gasteiger charge is 2.41. The topological polar surface area (TPSA) is 26.0 Å². The van der Waals surface area contributed by atoms with Crippen LogP contribution in [0.25, 0.3) is 0 Å². The highest BCUT2D eigenvalue weighted by molar-refractivity contribution is 5.28. The van der Waals surface area contributed by atoms with Crippen molar-refractivity contribution in [2.45, 2.75) is 57.9 Å². The van der Waals surface area contributed by atoms with Crippen LogP contribution in [-0.2, 0) is 12.0 Å². The molecule has 0 radical (unpaired) electrons. The maximum Gasteiger partial charge on any atom is 0.0383 e. The molecule has 3 rings (SSSR count). The first kappa shape index (κ1) is 13.2. The fraction of sp³-hybridized carbons (Fsp3) is 0.667. The van der Waals surface area contributed by atoms with Crippen LogP contribution in [0.1, 0.15) is 57.1 Å².